The Kier molecular flexibility index (Phi) is 6.41. The van der Waals surface area contributed by atoms with Gasteiger partial charge in [-0.2, -0.15) is 13.2 Å². The minimum atomic E-state index is -4.80. The molecule has 198 valence electrons. The van der Waals surface area contributed by atoms with Gasteiger partial charge >= 0.3 is 6.18 Å². The first-order valence-corrected chi connectivity index (χ1v) is 12.0. The summed E-state index contributed by atoms with van der Waals surface area (Å²) < 4.78 is 54.9. The van der Waals surface area contributed by atoms with Gasteiger partial charge < -0.3 is 10.2 Å². The second kappa shape index (κ2) is 9.61. The number of halogens is 4. The molecule has 1 aromatic heterocycles. The standard InChI is InChI=1S/C29H22F4N4O2/c1-28(2)25-20(5-3-6-23(25)37(27(28)39)16-24-34-13-4-14-35-24)17-7-12-22(29(31,32)33)21(15-17)26(38)36-19-10-8-18(30)9-11-19/h3-15H,16H2,1-2H3,(H,36,38). The maximum Gasteiger partial charge on any atom is 0.417 e. The van der Waals surface area contributed by atoms with E-state index in [0.717, 1.165) is 18.2 Å². The molecule has 5 rings (SSSR count). The van der Waals surface area contributed by atoms with Crippen LogP contribution in [-0.4, -0.2) is 21.8 Å². The van der Waals surface area contributed by atoms with E-state index in [-0.39, 0.29) is 18.1 Å². The van der Waals surface area contributed by atoms with Crippen LogP contribution in [0.3, 0.4) is 0 Å². The predicted octanol–water partition coefficient (Wildman–Crippen LogP) is 6.38. The molecule has 0 fully saturated rings. The normalized spacial score (nSPS) is 14.3. The number of carbonyl (C=O) groups excluding carboxylic acids is 2. The molecule has 1 N–H and O–H groups in total. The molecule has 2 heterocycles. The van der Waals surface area contributed by atoms with Crippen molar-refractivity contribution >= 4 is 23.2 Å². The highest BCUT2D eigenvalue weighted by Crippen LogP contribution is 2.47. The Morgan fingerprint density at radius 3 is 2.33 bits per heavy atom. The lowest BCUT2D eigenvalue weighted by atomic mass is 9.81. The van der Waals surface area contributed by atoms with Gasteiger partial charge in [0.1, 0.15) is 11.6 Å². The average molecular weight is 535 g/mol. The third kappa shape index (κ3) is 4.85. The fourth-order valence-electron chi connectivity index (χ4n) is 4.80. The van der Waals surface area contributed by atoms with E-state index in [2.05, 4.69) is 15.3 Å². The van der Waals surface area contributed by atoms with Crippen molar-refractivity contribution in [1.29, 1.82) is 0 Å². The second-order valence-corrected chi connectivity index (χ2v) is 9.60. The van der Waals surface area contributed by atoms with Gasteiger partial charge in [0, 0.05) is 23.8 Å². The van der Waals surface area contributed by atoms with Gasteiger partial charge in [0.25, 0.3) is 5.91 Å². The molecule has 0 spiro atoms. The van der Waals surface area contributed by atoms with Crippen molar-refractivity contribution in [3.8, 4) is 11.1 Å². The first-order chi connectivity index (χ1) is 18.5. The zero-order chi connectivity index (χ0) is 27.9. The number of hydrogen-bond donors (Lipinski definition) is 1. The molecular formula is C29H22F4N4O2. The number of anilines is 2. The maximum atomic E-state index is 13.9. The van der Waals surface area contributed by atoms with Gasteiger partial charge in [-0.1, -0.05) is 18.2 Å². The van der Waals surface area contributed by atoms with Crippen LogP contribution >= 0.6 is 0 Å². The molecule has 39 heavy (non-hydrogen) atoms. The molecule has 0 saturated heterocycles. The molecule has 0 atom stereocenters. The van der Waals surface area contributed by atoms with Crippen molar-refractivity contribution in [2.24, 2.45) is 0 Å². The first-order valence-electron chi connectivity index (χ1n) is 12.0. The van der Waals surface area contributed by atoms with Gasteiger partial charge in [-0.05, 0) is 79.1 Å². The van der Waals surface area contributed by atoms with Crippen molar-refractivity contribution < 1.29 is 27.2 Å². The van der Waals surface area contributed by atoms with Gasteiger partial charge in [-0.3, -0.25) is 9.59 Å². The fourth-order valence-corrected chi connectivity index (χ4v) is 4.80. The van der Waals surface area contributed by atoms with Crippen molar-refractivity contribution in [1.82, 2.24) is 9.97 Å². The number of aromatic nitrogens is 2. The zero-order valence-corrected chi connectivity index (χ0v) is 20.9. The van der Waals surface area contributed by atoms with Crippen LogP contribution in [0.4, 0.5) is 28.9 Å². The minimum absolute atomic E-state index is 0.123. The van der Waals surface area contributed by atoms with Crippen LogP contribution in [0.2, 0.25) is 0 Å². The first kappa shape index (κ1) is 26.0. The Bertz CT molecular complexity index is 1570. The van der Waals surface area contributed by atoms with E-state index < -0.39 is 34.4 Å². The monoisotopic (exact) mass is 534 g/mol. The molecule has 10 heteroatoms. The molecule has 0 saturated carbocycles. The van der Waals surface area contributed by atoms with Crippen LogP contribution in [0, 0.1) is 5.82 Å². The van der Waals surface area contributed by atoms with E-state index in [4.69, 9.17) is 0 Å². The van der Waals surface area contributed by atoms with E-state index in [1.807, 2.05) is 0 Å². The Hall–Kier alpha value is -4.60. The summed E-state index contributed by atoms with van der Waals surface area (Å²) in [4.78, 5) is 36.5. The molecule has 3 aromatic carbocycles. The van der Waals surface area contributed by atoms with Gasteiger partial charge in [0.05, 0.1) is 23.1 Å². The molecule has 2 amide bonds. The molecular weight excluding hydrogens is 512 g/mol. The molecule has 4 aromatic rings. The van der Waals surface area contributed by atoms with Crippen LogP contribution < -0.4 is 10.2 Å². The summed E-state index contributed by atoms with van der Waals surface area (Å²) >= 11 is 0. The van der Waals surface area contributed by atoms with Gasteiger partial charge in [-0.15, -0.1) is 0 Å². The molecule has 0 radical (unpaired) electrons. The number of fused-ring (bicyclic) bond motifs is 1. The Labute approximate surface area is 221 Å². The third-order valence-corrected chi connectivity index (χ3v) is 6.64. The van der Waals surface area contributed by atoms with E-state index in [1.54, 1.807) is 55.4 Å². The Morgan fingerprint density at radius 1 is 0.974 bits per heavy atom. The van der Waals surface area contributed by atoms with E-state index in [0.29, 0.717) is 28.2 Å². The van der Waals surface area contributed by atoms with Crippen LogP contribution in [0.15, 0.2) is 79.1 Å². The number of carbonyl (C=O) groups is 2. The second-order valence-electron chi connectivity index (χ2n) is 9.60. The van der Waals surface area contributed by atoms with E-state index in [1.165, 1.54) is 24.3 Å². The SMILES string of the molecule is CC1(C)C(=O)N(Cc2ncccn2)c2cccc(-c3ccc(C(F)(F)F)c(C(=O)Nc4ccc(F)cc4)c3)c21. The fraction of sp³-hybridized carbons (Fsp3) is 0.172. The van der Waals surface area contributed by atoms with Crippen LogP contribution in [0.25, 0.3) is 11.1 Å². The van der Waals surface area contributed by atoms with Crippen molar-refractivity contribution in [3.05, 3.63) is 107 Å². The number of nitrogens with one attached hydrogen (secondary N) is 1. The quantitative estimate of drug-likeness (QED) is 0.302. The molecule has 0 bridgehead atoms. The summed E-state index contributed by atoms with van der Waals surface area (Å²) in [5.74, 6) is -1.32. The summed E-state index contributed by atoms with van der Waals surface area (Å²) in [7, 11) is 0. The maximum absolute atomic E-state index is 13.9. The highest BCUT2D eigenvalue weighted by molar-refractivity contribution is 6.10. The summed E-state index contributed by atoms with van der Waals surface area (Å²) in [5, 5.41) is 2.40. The Morgan fingerprint density at radius 2 is 1.67 bits per heavy atom. The molecule has 1 aliphatic heterocycles. The van der Waals surface area contributed by atoms with Crippen molar-refractivity contribution in [2.45, 2.75) is 32.0 Å². The van der Waals surface area contributed by atoms with Crippen LogP contribution in [0.5, 0.6) is 0 Å². The molecule has 6 nitrogen and oxygen atoms in total. The van der Waals surface area contributed by atoms with Crippen molar-refractivity contribution in [2.75, 3.05) is 10.2 Å². The summed E-state index contributed by atoms with van der Waals surface area (Å²) in [6, 6.07) is 14.9. The highest BCUT2D eigenvalue weighted by Gasteiger charge is 2.46. The number of alkyl halides is 3. The summed E-state index contributed by atoms with van der Waals surface area (Å²) in [6.07, 6.45) is -1.65. The lowest BCUT2D eigenvalue weighted by Crippen LogP contribution is -2.36. The number of hydrogen-bond acceptors (Lipinski definition) is 4. The summed E-state index contributed by atoms with van der Waals surface area (Å²) in [5.41, 5.74) is -0.515. The molecule has 0 unspecified atom stereocenters. The largest absolute Gasteiger partial charge is 0.417 e. The Balaban J connectivity index is 1.60. The van der Waals surface area contributed by atoms with Crippen LogP contribution in [0.1, 0.15) is 41.2 Å². The van der Waals surface area contributed by atoms with Crippen molar-refractivity contribution in [3.63, 3.8) is 0 Å². The smallest absolute Gasteiger partial charge is 0.322 e. The number of amides is 2. The van der Waals surface area contributed by atoms with Crippen LogP contribution in [-0.2, 0) is 22.9 Å². The van der Waals surface area contributed by atoms with Gasteiger partial charge in [0.15, 0.2) is 0 Å². The molecule has 1 aliphatic rings. The number of nitrogens with zero attached hydrogens (tertiary/aromatic N) is 3. The summed E-state index contributed by atoms with van der Waals surface area (Å²) in [6.45, 7) is 3.61. The minimum Gasteiger partial charge on any atom is -0.322 e. The van der Waals surface area contributed by atoms with E-state index in [9.17, 15) is 27.2 Å². The number of benzene rings is 3. The topological polar surface area (TPSA) is 75.2 Å². The molecule has 0 aliphatic carbocycles. The van der Waals surface area contributed by atoms with Gasteiger partial charge in [-0.25, -0.2) is 14.4 Å². The highest BCUT2D eigenvalue weighted by atomic mass is 19.4. The zero-order valence-electron chi connectivity index (χ0n) is 20.9. The average Bonchev–Trinajstić information content (AvgIpc) is 3.10. The number of rotatable bonds is 5. The van der Waals surface area contributed by atoms with E-state index >= 15 is 0 Å². The lowest BCUT2D eigenvalue weighted by Gasteiger charge is -2.21. The third-order valence-electron chi connectivity index (χ3n) is 6.64. The van der Waals surface area contributed by atoms with Gasteiger partial charge in [0.2, 0.25) is 5.91 Å². The lowest BCUT2D eigenvalue weighted by molar-refractivity contribution is -0.137. The predicted molar refractivity (Wildman–Crippen MR) is 137 cm³/mol.